The molecule has 0 heterocycles. The van der Waals surface area contributed by atoms with Gasteiger partial charge in [0.1, 0.15) is 12.6 Å². The number of aliphatic carboxylic acids is 1. The average Bonchev–Trinajstić information content (AvgIpc) is 2.62. The minimum absolute atomic E-state index is 0.102. The third-order valence-electron chi connectivity index (χ3n) is 3.60. The molecule has 6 nitrogen and oxygen atoms in total. The van der Waals surface area contributed by atoms with Gasteiger partial charge in [-0.2, -0.15) is 0 Å². The van der Waals surface area contributed by atoms with Crippen molar-refractivity contribution in [1.29, 1.82) is 0 Å². The Balaban J connectivity index is 2.06. The van der Waals surface area contributed by atoms with Crippen LogP contribution in [0.25, 0.3) is 0 Å². The van der Waals surface area contributed by atoms with E-state index in [1.54, 1.807) is 48.5 Å². The summed E-state index contributed by atoms with van der Waals surface area (Å²) in [6.45, 7) is -0.200. The highest BCUT2D eigenvalue weighted by Gasteiger charge is 2.20. The number of rotatable bonds is 8. The van der Waals surface area contributed by atoms with Crippen molar-refractivity contribution in [3.05, 3.63) is 71.3 Å². The number of amides is 1. The largest absolute Gasteiger partial charge is 0.480 e. The van der Waals surface area contributed by atoms with E-state index in [2.05, 4.69) is 10.1 Å². The van der Waals surface area contributed by atoms with Crippen molar-refractivity contribution in [3.63, 3.8) is 0 Å². The summed E-state index contributed by atoms with van der Waals surface area (Å²) < 4.78 is 4.68. The number of carbonyl (C=O) groups is 3. The van der Waals surface area contributed by atoms with Gasteiger partial charge >= 0.3 is 5.97 Å². The number of nitrogens with one attached hydrogen (secondary N) is 1. The molecule has 0 saturated carbocycles. The normalized spacial score (nSPS) is 11.6. The molecule has 0 radical (unpaired) electrons. The summed E-state index contributed by atoms with van der Waals surface area (Å²) >= 11 is 0. The van der Waals surface area contributed by atoms with Crippen LogP contribution in [0.5, 0.6) is 0 Å². The number of ether oxygens (including phenoxy) is 1. The van der Waals surface area contributed by atoms with Crippen molar-refractivity contribution in [1.82, 2.24) is 5.32 Å². The van der Waals surface area contributed by atoms with Crippen LogP contribution in [0.3, 0.4) is 0 Å². The molecule has 2 aromatic rings. The molecule has 0 bridgehead atoms. The Hall–Kier alpha value is -2.99. The molecular formula is C19H19NO5. The topological polar surface area (TPSA) is 92.7 Å². The van der Waals surface area contributed by atoms with Crippen molar-refractivity contribution in [2.24, 2.45) is 0 Å². The average molecular weight is 341 g/mol. The van der Waals surface area contributed by atoms with Crippen LogP contribution in [-0.4, -0.2) is 42.5 Å². The number of carbonyl (C=O) groups excluding carboxylic acids is 2. The molecule has 0 fully saturated rings. The zero-order valence-electron chi connectivity index (χ0n) is 13.8. The predicted molar refractivity (Wildman–Crippen MR) is 91.5 cm³/mol. The van der Waals surface area contributed by atoms with Gasteiger partial charge in [-0.05, 0) is 5.56 Å². The minimum atomic E-state index is -1.13. The van der Waals surface area contributed by atoms with Crippen LogP contribution in [-0.2, 0) is 20.7 Å². The maximum absolute atomic E-state index is 12.3. The zero-order valence-corrected chi connectivity index (χ0v) is 13.8. The third kappa shape index (κ3) is 5.26. The summed E-state index contributed by atoms with van der Waals surface area (Å²) in [5.41, 5.74) is 1.81. The molecule has 0 aliphatic heterocycles. The van der Waals surface area contributed by atoms with Crippen LogP contribution < -0.4 is 5.32 Å². The summed E-state index contributed by atoms with van der Waals surface area (Å²) in [7, 11) is 1.36. The Morgan fingerprint density at radius 1 is 1.00 bits per heavy atom. The highest BCUT2D eigenvalue weighted by molar-refractivity contribution is 6.08. The molecular weight excluding hydrogens is 322 g/mol. The number of benzene rings is 2. The molecule has 2 aromatic carbocycles. The summed E-state index contributed by atoms with van der Waals surface area (Å²) in [6, 6.07) is 14.5. The first kappa shape index (κ1) is 18.4. The van der Waals surface area contributed by atoms with E-state index in [0.29, 0.717) is 16.7 Å². The summed E-state index contributed by atoms with van der Waals surface area (Å²) in [5.74, 6) is -1.73. The molecule has 0 saturated heterocycles. The molecule has 0 aliphatic rings. The van der Waals surface area contributed by atoms with E-state index in [1.165, 1.54) is 7.11 Å². The van der Waals surface area contributed by atoms with E-state index < -0.39 is 17.9 Å². The van der Waals surface area contributed by atoms with E-state index >= 15 is 0 Å². The van der Waals surface area contributed by atoms with Crippen LogP contribution in [0.4, 0.5) is 0 Å². The predicted octanol–water partition coefficient (Wildman–Crippen LogP) is 1.68. The molecule has 0 aliphatic carbocycles. The highest BCUT2D eigenvalue weighted by atomic mass is 16.5. The summed E-state index contributed by atoms with van der Waals surface area (Å²) in [5, 5.41) is 11.6. The Bertz CT molecular complexity index is 740. The number of methoxy groups -OCH3 is 1. The molecule has 1 amide bonds. The molecule has 25 heavy (non-hydrogen) atoms. The Morgan fingerprint density at radius 2 is 1.60 bits per heavy atom. The summed E-state index contributed by atoms with van der Waals surface area (Å²) in [4.78, 5) is 35.1. The zero-order chi connectivity index (χ0) is 18.2. The minimum Gasteiger partial charge on any atom is -0.480 e. The monoisotopic (exact) mass is 341 g/mol. The van der Waals surface area contributed by atoms with E-state index in [1.807, 2.05) is 6.07 Å². The van der Waals surface area contributed by atoms with Gasteiger partial charge in [-0.15, -0.1) is 0 Å². The van der Waals surface area contributed by atoms with Gasteiger partial charge in [-0.3, -0.25) is 9.59 Å². The van der Waals surface area contributed by atoms with E-state index in [4.69, 9.17) is 0 Å². The smallest absolute Gasteiger partial charge is 0.326 e. The van der Waals surface area contributed by atoms with Crippen molar-refractivity contribution in [3.8, 4) is 0 Å². The first-order valence-electron chi connectivity index (χ1n) is 7.71. The van der Waals surface area contributed by atoms with E-state index in [9.17, 15) is 19.5 Å². The lowest BCUT2D eigenvalue weighted by Gasteiger charge is -2.14. The van der Waals surface area contributed by atoms with Crippen molar-refractivity contribution in [2.75, 3.05) is 13.7 Å². The Kier molecular flexibility index (Phi) is 6.42. The van der Waals surface area contributed by atoms with Gasteiger partial charge in [-0.1, -0.05) is 54.6 Å². The van der Waals surface area contributed by atoms with Crippen LogP contribution in [0.2, 0.25) is 0 Å². The Labute approximate surface area is 145 Å². The van der Waals surface area contributed by atoms with Gasteiger partial charge in [0, 0.05) is 24.7 Å². The number of carboxylic acids is 1. The summed E-state index contributed by atoms with van der Waals surface area (Å²) in [6.07, 6.45) is 0.116. The lowest BCUT2D eigenvalue weighted by atomic mass is 9.99. The number of ketones is 1. The molecule has 2 rings (SSSR count). The number of hydrogen-bond donors (Lipinski definition) is 2. The molecule has 2 N–H and O–H groups in total. The van der Waals surface area contributed by atoms with Crippen molar-refractivity contribution in [2.45, 2.75) is 12.5 Å². The second kappa shape index (κ2) is 8.75. The molecule has 0 aromatic heterocycles. The standard InChI is InChI=1S/C19H19NO5/c1-25-12-17(21)20-16(19(23)24)11-13-7-9-15(10-8-13)18(22)14-5-3-2-4-6-14/h2-10,16H,11-12H2,1H3,(H,20,21)(H,23,24)/t16-/m1/s1. The van der Waals surface area contributed by atoms with Crippen LogP contribution >= 0.6 is 0 Å². The molecule has 6 heteroatoms. The third-order valence-corrected chi connectivity index (χ3v) is 3.60. The highest BCUT2D eigenvalue weighted by Crippen LogP contribution is 2.12. The SMILES string of the molecule is COCC(=O)N[C@H](Cc1ccc(C(=O)c2ccccc2)cc1)C(=O)O. The van der Waals surface area contributed by atoms with E-state index in [0.717, 1.165) is 0 Å². The molecule has 130 valence electrons. The van der Waals surface area contributed by atoms with Gasteiger partial charge in [0.05, 0.1) is 0 Å². The lowest BCUT2D eigenvalue weighted by Crippen LogP contribution is -2.43. The van der Waals surface area contributed by atoms with Gasteiger partial charge in [-0.25, -0.2) is 4.79 Å². The van der Waals surface area contributed by atoms with Gasteiger partial charge in [0.25, 0.3) is 0 Å². The van der Waals surface area contributed by atoms with Crippen molar-refractivity contribution < 1.29 is 24.2 Å². The maximum Gasteiger partial charge on any atom is 0.326 e. The maximum atomic E-state index is 12.3. The molecule has 0 spiro atoms. The number of carboxylic acid groups (broad SMARTS) is 1. The fourth-order valence-electron chi connectivity index (χ4n) is 2.35. The fourth-order valence-corrected chi connectivity index (χ4v) is 2.35. The first-order chi connectivity index (χ1) is 12.0. The first-order valence-corrected chi connectivity index (χ1v) is 7.71. The lowest BCUT2D eigenvalue weighted by molar-refractivity contribution is -0.142. The van der Waals surface area contributed by atoms with E-state index in [-0.39, 0.29) is 18.8 Å². The molecule has 1 atom stereocenters. The Morgan fingerprint density at radius 3 is 2.16 bits per heavy atom. The van der Waals surface area contributed by atoms with Gasteiger partial charge in [0.15, 0.2) is 5.78 Å². The van der Waals surface area contributed by atoms with Gasteiger partial charge < -0.3 is 15.2 Å². The van der Waals surface area contributed by atoms with Gasteiger partial charge in [0.2, 0.25) is 5.91 Å². The quantitative estimate of drug-likeness (QED) is 0.713. The second-order valence-electron chi connectivity index (χ2n) is 5.49. The van der Waals surface area contributed by atoms with Crippen molar-refractivity contribution >= 4 is 17.7 Å². The van der Waals surface area contributed by atoms with Crippen LogP contribution in [0, 0.1) is 0 Å². The van der Waals surface area contributed by atoms with Crippen LogP contribution in [0.15, 0.2) is 54.6 Å². The number of hydrogen-bond acceptors (Lipinski definition) is 4. The molecule has 0 unspecified atom stereocenters. The van der Waals surface area contributed by atoms with Crippen LogP contribution in [0.1, 0.15) is 21.5 Å². The second-order valence-corrected chi connectivity index (χ2v) is 5.49. The fraction of sp³-hybridized carbons (Fsp3) is 0.211.